The van der Waals surface area contributed by atoms with Gasteiger partial charge in [-0.25, -0.2) is 9.59 Å². The quantitative estimate of drug-likeness (QED) is 0.511. The lowest BCUT2D eigenvalue weighted by Crippen LogP contribution is -2.29. The minimum Gasteiger partial charge on any atom is -0.481 e. The lowest BCUT2D eigenvalue weighted by Gasteiger charge is -2.21. The second-order valence-electron chi connectivity index (χ2n) is 7.35. The van der Waals surface area contributed by atoms with Crippen molar-refractivity contribution in [3.63, 3.8) is 0 Å². The second kappa shape index (κ2) is 9.41. The number of rotatable bonds is 8. The van der Waals surface area contributed by atoms with Crippen molar-refractivity contribution in [1.82, 2.24) is 4.90 Å². The number of nitrogens with zero attached hydrogens (tertiary/aromatic N) is 1. The Morgan fingerprint density at radius 3 is 2.52 bits per heavy atom. The van der Waals surface area contributed by atoms with E-state index in [1.165, 1.54) is 4.90 Å². The average molecular weight is 400 g/mol. The molecule has 0 radical (unpaired) electrons. The summed E-state index contributed by atoms with van der Waals surface area (Å²) in [5.41, 5.74) is 5.36. The number of ether oxygens (including phenoxy) is 1. The minimum atomic E-state index is -0.847. The molecule has 2 rings (SSSR count). The summed E-state index contributed by atoms with van der Waals surface area (Å²) in [6.07, 6.45) is 5.27. The highest BCUT2D eigenvalue weighted by atomic mass is 16.5. The van der Waals surface area contributed by atoms with Crippen LogP contribution in [0.4, 0.5) is 10.5 Å². The maximum atomic E-state index is 12.4. The molecule has 0 aliphatic carbocycles. The highest BCUT2D eigenvalue weighted by molar-refractivity contribution is 6.05. The molecule has 1 aromatic carbocycles. The average Bonchev–Trinajstić information content (AvgIpc) is 3.04. The first-order valence-electron chi connectivity index (χ1n) is 9.48. The number of carbonyl (C=O) groups excluding carboxylic acids is 2. The highest BCUT2D eigenvalue weighted by Crippen LogP contribution is 2.38. The largest absolute Gasteiger partial charge is 0.481 e. The number of aliphatic carboxylic acids is 1. The number of benzene rings is 1. The molecule has 0 saturated carbocycles. The fourth-order valence-electron chi connectivity index (χ4n) is 3.35. The molecule has 1 aromatic rings. The molecular weight excluding hydrogens is 372 g/mol. The van der Waals surface area contributed by atoms with Gasteiger partial charge in [-0.2, -0.15) is 0 Å². The van der Waals surface area contributed by atoms with Gasteiger partial charge in [0.2, 0.25) is 0 Å². The van der Waals surface area contributed by atoms with Gasteiger partial charge in [0, 0.05) is 26.1 Å². The van der Waals surface area contributed by atoms with Crippen LogP contribution in [0.25, 0.3) is 0 Å². The van der Waals surface area contributed by atoms with E-state index < -0.39 is 11.9 Å². The van der Waals surface area contributed by atoms with E-state index in [4.69, 9.17) is 9.84 Å². The van der Waals surface area contributed by atoms with Crippen LogP contribution in [0.5, 0.6) is 0 Å². The minimum absolute atomic E-state index is 0.0572. The van der Waals surface area contributed by atoms with E-state index >= 15 is 0 Å². The first-order chi connectivity index (χ1) is 13.7. The zero-order chi connectivity index (χ0) is 21.7. The number of fused-ring (bicyclic) bond motifs is 1. The van der Waals surface area contributed by atoms with Gasteiger partial charge in [0.05, 0.1) is 11.3 Å². The van der Waals surface area contributed by atoms with Crippen molar-refractivity contribution in [3.05, 3.63) is 52.1 Å². The number of cyclic esters (lactones) is 1. The molecule has 2 N–H and O–H groups in total. The van der Waals surface area contributed by atoms with Crippen molar-refractivity contribution in [1.29, 1.82) is 0 Å². The van der Waals surface area contributed by atoms with E-state index in [1.54, 1.807) is 20.2 Å². The van der Waals surface area contributed by atoms with Crippen LogP contribution in [0.2, 0.25) is 0 Å². The van der Waals surface area contributed by atoms with Crippen molar-refractivity contribution in [3.8, 4) is 0 Å². The number of carbonyl (C=O) groups is 3. The van der Waals surface area contributed by atoms with Gasteiger partial charge in [0.15, 0.2) is 0 Å². The summed E-state index contributed by atoms with van der Waals surface area (Å²) in [5, 5.41) is 11.8. The summed E-state index contributed by atoms with van der Waals surface area (Å²) in [6.45, 7) is 7.84. The number of hydrogen-bond acceptors (Lipinski definition) is 4. The van der Waals surface area contributed by atoms with Crippen LogP contribution in [0.1, 0.15) is 52.4 Å². The number of nitrogens with one attached hydrogen (secondary N) is 1. The molecule has 0 spiro atoms. The van der Waals surface area contributed by atoms with Gasteiger partial charge in [-0.05, 0) is 49.8 Å². The second-order valence-corrected chi connectivity index (χ2v) is 7.35. The molecule has 7 heteroatoms. The van der Waals surface area contributed by atoms with Crippen LogP contribution in [-0.2, 0) is 29.0 Å². The fraction of sp³-hybridized carbons (Fsp3) is 0.409. The lowest BCUT2D eigenvalue weighted by atomic mass is 9.87. The number of urea groups is 1. The van der Waals surface area contributed by atoms with Gasteiger partial charge in [-0.1, -0.05) is 17.7 Å². The van der Waals surface area contributed by atoms with Crippen molar-refractivity contribution in [2.75, 3.05) is 19.4 Å². The maximum absolute atomic E-state index is 12.4. The summed E-state index contributed by atoms with van der Waals surface area (Å²) >= 11 is 0. The standard InChI is InChI=1S/C22H28N2O5/c1-6-7-15-14(3)17-12-29-21(27)19(17)20(23-22(28)24(4)5)16(15)10-8-13(2)9-11-18(25)26/h6,8H,1,7,9-12H2,2-5H3,(H,23,28)(H,25,26)/b13-8+. The van der Waals surface area contributed by atoms with Crippen molar-refractivity contribution >= 4 is 23.7 Å². The number of allylic oxidation sites excluding steroid dienone is 3. The lowest BCUT2D eigenvalue weighted by molar-refractivity contribution is -0.136. The van der Waals surface area contributed by atoms with Crippen LogP contribution >= 0.6 is 0 Å². The van der Waals surface area contributed by atoms with Crippen molar-refractivity contribution in [2.24, 2.45) is 0 Å². The van der Waals surface area contributed by atoms with Crippen LogP contribution in [0.3, 0.4) is 0 Å². The molecule has 1 aliphatic rings. The molecule has 0 fully saturated rings. The maximum Gasteiger partial charge on any atom is 0.341 e. The van der Waals surface area contributed by atoms with E-state index in [9.17, 15) is 14.4 Å². The van der Waals surface area contributed by atoms with E-state index in [1.807, 2.05) is 19.9 Å². The number of anilines is 1. The molecule has 0 aromatic heterocycles. The van der Waals surface area contributed by atoms with Crippen LogP contribution in [0.15, 0.2) is 24.3 Å². The van der Waals surface area contributed by atoms with Gasteiger partial charge >= 0.3 is 18.0 Å². The van der Waals surface area contributed by atoms with E-state index in [-0.39, 0.29) is 19.1 Å². The topological polar surface area (TPSA) is 95.9 Å². The van der Waals surface area contributed by atoms with Crippen LogP contribution in [0, 0.1) is 6.92 Å². The smallest absolute Gasteiger partial charge is 0.341 e. The van der Waals surface area contributed by atoms with E-state index in [2.05, 4.69) is 11.9 Å². The Kier molecular flexibility index (Phi) is 7.20. The molecule has 7 nitrogen and oxygen atoms in total. The predicted octanol–water partition coefficient (Wildman–Crippen LogP) is 3.84. The monoisotopic (exact) mass is 400 g/mol. The first-order valence-corrected chi connectivity index (χ1v) is 9.48. The Morgan fingerprint density at radius 1 is 1.24 bits per heavy atom. The highest BCUT2D eigenvalue weighted by Gasteiger charge is 2.32. The Balaban J connectivity index is 2.59. The van der Waals surface area contributed by atoms with Crippen molar-refractivity contribution < 1.29 is 24.2 Å². The predicted molar refractivity (Wildman–Crippen MR) is 111 cm³/mol. The summed E-state index contributed by atoms with van der Waals surface area (Å²) in [4.78, 5) is 37.1. The molecule has 0 saturated heterocycles. The van der Waals surface area contributed by atoms with E-state index in [0.717, 1.165) is 27.8 Å². The molecule has 0 bridgehead atoms. The third-order valence-corrected chi connectivity index (χ3v) is 5.05. The van der Waals surface area contributed by atoms with Gasteiger partial charge < -0.3 is 20.1 Å². The molecule has 156 valence electrons. The molecule has 2 amide bonds. The fourth-order valence-corrected chi connectivity index (χ4v) is 3.35. The number of hydrogen-bond donors (Lipinski definition) is 2. The molecular formula is C22H28N2O5. The summed E-state index contributed by atoms with van der Waals surface area (Å²) < 4.78 is 5.26. The Bertz CT molecular complexity index is 884. The molecule has 29 heavy (non-hydrogen) atoms. The molecule has 0 unspecified atom stereocenters. The summed E-state index contributed by atoms with van der Waals surface area (Å²) in [5.74, 6) is -1.30. The zero-order valence-electron chi connectivity index (χ0n) is 17.4. The molecule has 1 heterocycles. The third kappa shape index (κ3) is 5.04. The third-order valence-electron chi connectivity index (χ3n) is 5.05. The Hall–Kier alpha value is -3.09. The zero-order valence-corrected chi connectivity index (χ0v) is 17.4. The molecule has 0 atom stereocenters. The van der Waals surface area contributed by atoms with Crippen LogP contribution in [-0.4, -0.2) is 42.1 Å². The SMILES string of the molecule is C=CCc1c(C)c2c(c(NC(=O)N(C)C)c1C/C=C(\C)CCC(=O)O)C(=O)OC2. The van der Waals surface area contributed by atoms with Gasteiger partial charge in [-0.15, -0.1) is 6.58 Å². The number of carboxylic acid groups (broad SMARTS) is 1. The first kappa shape index (κ1) is 22.2. The Labute approximate surface area is 171 Å². The van der Waals surface area contributed by atoms with E-state index in [0.29, 0.717) is 30.5 Å². The summed E-state index contributed by atoms with van der Waals surface area (Å²) in [6, 6.07) is -0.340. The van der Waals surface area contributed by atoms with Gasteiger partial charge in [0.1, 0.15) is 6.61 Å². The number of carboxylic acids is 1. The number of esters is 1. The Morgan fingerprint density at radius 2 is 1.93 bits per heavy atom. The van der Waals surface area contributed by atoms with Crippen molar-refractivity contribution in [2.45, 2.75) is 46.1 Å². The van der Waals surface area contributed by atoms with Gasteiger partial charge in [-0.3, -0.25) is 4.79 Å². The normalized spacial score (nSPS) is 13.0. The van der Waals surface area contributed by atoms with Crippen LogP contribution < -0.4 is 5.32 Å². The molecule has 1 aliphatic heterocycles. The summed E-state index contributed by atoms with van der Waals surface area (Å²) in [7, 11) is 3.25. The van der Waals surface area contributed by atoms with Gasteiger partial charge in [0.25, 0.3) is 0 Å². The number of amides is 2.